The van der Waals surface area contributed by atoms with E-state index in [9.17, 15) is 8.78 Å². The predicted molar refractivity (Wildman–Crippen MR) is 75.6 cm³/mol. The monoisotopic (exact) mass is 363 g/mol. The van der Waals surface area contributed by atoms with Crippen LogP contribution in [0, 0.1) is 11.6 Å². The van der Waals surface area contributed by atoms with Crippen molar-refractivity contribution in [1.82, 2.24) is 5.32 Å². The number of methoxy groups -OCH3 is 1. The molecule has 0 aromatic heterocycles. The number of benzene rings is 1. The van der Waals surface area contributed by atoms with Crippen molar-refractivity contribution in [3.05, 3.63) is 47.7 Å². The van der Waals surface area contributed by atoms with E-state index < -0.39 is 11.6 Å². The second-order valence-electron chi connectivity index (χ2n) is 3.94. The molecule has 0 spiro atoms. The smallest absolute Gasteiger partial charge is 0.190 e. The molecule has 18 heavy (non-hydrogen) atoms. The van der Waals surface area contributed by atoms with Crippen molar-refractivity contribution >= 4 is 28.3 Å². The van der Waals surface area contributed by atoms with Gasteiger partial charge >= 0.3 is 0 Å². The van der Waals surface area contributed by atoms with E-state index in [1.165, 1.54) is 19.2 Å². The number of nitrogens with one attached hydrogen (secondary N) is 1. The van der Waals surface area contributed by atoms with E-state index in [4.69, 9.17) is 0 Å². The lowest BCUT2D eigenvalue weighted by Gasteiger charge is -2.22. The van der Waals surface area contributed by atoms with E-state index >= 15 is 0 Å². The number of hydrogen-bond donors (Lipinski definition) is 1. The summed E-state index contributed by atoms with van der Waals surface area (Å²) < 4.78 is 32.1. The van der Waals surface area contributed by atoms with Crippen molar-refractivity contribution in [2.75, 3.05) is 7.11 Å². The van der Waals surface area contributed by atoms with Crippen LogP contribution in [0.4, 0.5) is 8.78 Å². The van der Waals surface area contributed by atoms with Gasteiger partial charge in [-0.05, 0) is 18.6 Å². The van der Waals surface area contributed by atoms with Crippen LogP contribution in [0.1, 0.15) is 12.0 Å². The highest BCUT2D eigenvalue weighted by Crippen LogP contribution is 2.29. The van der Waals surface area contributed by atoms with E-state index in [1.54, 1.807) is 0 Å². The highest BCUT2D eigenvalue weighted by molar-refractivity contribution is 14.1. The summed E-state index contributed by atoms with van der Waals surface area (Å²) in [6, 6.07) is 2.50. The molecule has 96 valence electrons. The molecule has 0 amide bonds. The second kappa shape index (κ2) is 5.26. The van der Waals surface area contributed by atoms with Gasteiger partial charge in [0.25, 0.3) is 0 Å². The Morgan fingerprint density at radius 1 is 1.39 bits per heavy atom. The molecule has 1 atom stereocenters. The largest absolute Gasteiger partial charge is 0.491 e. The highest BCUT2D eigenvalue weighted by Gasteiger charge is 2.18. The van der Waals surface area contributed by atoms with Gasteiger partial charge in [0, 0.05) is 17.0 Å². The number of halogens is 3. The summed E-state index contributed by atoms with van der Waals surface area (Å²) in [6.07, 6.45) is 2.70. The molecule has 2 nitrogen and oxygen atoms in total. The maximum absolute atomic E-state index is 13.6. The number of alkyl halides is 1. The Kier molecular flexibility index (Phi) is 3.89. The summed E-state index contributed by atoms with van der Waals surface area (Å²) in [5.41, 5.74) is 1.97. The topological polar surface area (TPSA) is 21.3 Å². The fourth-order valence-corrected chi connectivity index (χ4v) is 2.18. The van der Waals surface area contributed by atoms with Gasteiger partial charge in [0.15, 0.2) is 17.4 Å². The Balaban J connectivity index is 2.38. The first kappa shape index (κ1) is 13.3. The molecule has 0 fully saturated rings. The van der Waals surface area contributed by atoms with E-state index in [0.29, 0.717) is 15.2 Å². The third kappa shape index (κ3) is 2.50. The van der Waals surface area contributed by atoms with Crippen molar-refractivity contribution in [1.29, 1.82) is 0 Å². The molecule has 0 saturated heterocycles. The summed E-state index contributed by atoms with van der Waals surface area (Å²) >= 11 is 2.26. The van der Waals surface area contributed by atoms with Gasteiger partial charge in [0.05, 0.1) is 11.0 Å². The third-order valence-electron chi connectivity index (χ3n) is 2.72. The standard InChI is InChI=1S/C13H12F2INO/c1-7-11(16)3-4-12(17-7)8-5-9(14)13(18-2)10(15)6-8/h4-6,11,17H,1,3H2,2H3. The van der Waals surface area contributed by atoms with Crippen molar-refractivity contribution in [2.24, 2.45) is 0 Å². The number of allylic oxidation sites excluding steroid dienone is 2. The first-order valence-corrected chi connectivity index (χ1v) is 6.61. The molecule has 2 rings (SSSR count). The maximum Gasteiger partial charge on any atom is 0.190 e. The average molecular weight is 363 g/mol. The fourth-order valence-electron chi connectivity index (χ4n) is 1.77. The molecule has 0 radical (unpaired) electrons. The minimum atomic E-state index is -0.711. The first-order chi connectivity index (χ1) is 8.52. The number of ether oxygens (including phenoxy) is 1. The van der Waals surface area contributed by atoms with Crippen LogP contribution in [0.15, 0.2) is 30.5 Å². The molecule has 1 N–H and O–H groups in total. The van der Waals surface area contributed by atoms with Crippen LogP contribution in [0.2, 0.25) is 0 Å². The van der Waals surface area contributed by atoms with E-state index in [-0.39, 0.29) is 5.75 Å². The summed E-state index contributed by atoms with van der Waals surface area (Å²) in [6.45, 7) is 3.88. The van der Waals surface area contributed by atoms with Crippen LogP contribution in [-0.2, 0) is 0 Å². The van der Waals surface area contributed by atoms with E-state index in [0.717, 1.165) is 12.1 Å². The Labute approximate surface area is 118 Å². The van der Waals surface area contributed by atoms with Gasteiger partial charge in [-0.2, -0.15) is 0 Å². The lowest BCUT2D eigenvalue weighted by atomic mass is 10.0. The normalized spacial score (nSPS) is 19.2. The molecular weight excluding hydrogens is 351 g/mol. The van der Waals surface area contributed by atoms with Crippen molar-refractivity contribution in [3.8, 4) is 5.75 Å². The lowest BCUT2D eigenvalue weighted by Crippen LogP contribution is -2.22. The van der Waals surface area contributed by atoms with E-state index in [2.05, 4.69) is 39.2 Å². The van der Waals surface area contributed by atoms with Gasteiger partial charge in [-0.1, -0.05) is 35.2 Å². The van der Waals surface area contributed by atoms with Crippen molar-refractivity contribution in [2.45, 2.75) is 10.3 Å². The maximum atomic E-state index is 13.6. The molecule has 5 heteroatoms. The van der Waals surface area contributed by atoms with Crippen LogP contribution in [0.5, 0.6) is 5.75 Å². The number of hydrogen-bond acceptors (Lipinski definition) is 2. The predicted octanol–water partition coefficient (Wildman–Crippen LogP) is 3.62. The zero-order valence-corrected chi connectivity index (χ0v) is 11.9. The summed E-state index contributed by atoms with van der Waals surface area (Å²) in [4.78, 5) is 0. The van der Waals surface area contributed by atoms with Gasteiger partial charge in [0.1, 0.15) is 0 Å². The SMILES string of the molecule is C=C1NC(c2cc(F)c(OC)c(F)c2)=CCC1I. The zero-order chi connectivity index (χ0) is 13.3. The fraction of sp³-hybridized carbons (Fsp3) is 0.231. The lowest BCUT2D eigenvalue weighted by molar-refractivity contribution is 0.359. The van der Waals surface area contributed by atoms with Crippen LogP contribution in [0.25, 0.3) is 5.70 Å². The van der Waals surface area contributed by atoms with Gasteiger partial charge < -0.3 is 10.1 Å². The van der Waals surface area contributed by atoms with Gasteiger partial charge in [-0.3, -0.25) is 0 Å². The Bertz CT molecular complexity index is 505. The Morgan fingerprint density at radius 2 is 2.00 bits per heavy atom. The molecule has 0 saturated carbocycles. The Hall–Kier alpha value is -1.11. The molecule has 0 bridgehead atoms. The first-order valence-electron chi connectivity index (χ1n) is 5.36. The van der Waals surface area contributed by atoms with Crippen LogP contribution in [0.3, 0.4) is 0 Å². The molecule has 1 aliphatic rings. The molecule has 1 aromatic carbocycles. The summed E-state index contributed by atoms with van der Waals surface area (Å²) in [5, 5.41) is 3.06. The molecule has 1 unspecified atom stereocenters. The quantitative estimate of drug-likeness (QED) is 0.640. The molecule has 1 aromatic rings. The number of rotatable bonds is 2. The highest BCUT2D eigenvalue weighted by atomic mass is 127. The molecule has 1 aliphatic heterocycles. The molecule has 1 heterocycles. The zero-order valence-electron chi connectivity index (χ0n) is 9.77. The van der Waals surface area contributed by atoms with Crippen LogP contribution in [-0.4, -0.2) is 11.0 Å². The molecular formula is C13H12F2INO. The van der Waals surface area contributed by atoms with Crippen molar-refractivity contribution in [3.63, 3.8) is 0 Å². The van der Waals surface area contributed by atoms with Gasteiger partial charge in [0.2, 0.25) is 0 Å². The van der Waals surface area contributed by atoms with Gasteiger partial charge in [-0.25, -0.2) is 8.78 Å². The Morgan fingerprint density at radius 3 is 2.50 bits per heavy atom. The third-order valence-corrected chi connectivity index (χ3v) is 3.98. The minimum Gasteiger partial charge on any atom is -0.491 e. The van der Waals surface area contributed by atoms with Crippen LogP contribution < -0.4 is 10.1 Å². The summed E-state index contributed by atoms with van der Waals surface area (Å²) in [5.74, 6) is -1.78. The van der Waals surface area contributed by atoms with Crippen molar-refractivity contribution < 1.29 is 13.5 Å². The molecule has 0 aliphatic carbocycles. The van der Waals surface area contributed by atoms with Gasteiger partial charge in [-0.15, -0.1) is 0 Å². The average Bonchev–Trinajstić information content (AvgIpc) is 2.32. The van der Waals surface area contributed by atoms with E-state index in [1.807, 2.05) is 6.08 Å². The summed E-state index contributed by atoms with van der Waals surface area (Å²) in [7, 11) is 1.24. The minimum absolute atomic E-state index is 0.291. The second-order valence-corrected chi connectivity index (χ2v) is 5.45. The van der Waals surface area contributed by atoms with Crippen LogP contribution >= 0.6 is 22.6 Å².